The SMILES string of the molecule is CC/C=C\C/C=C\C/C=C\C/C=C\C/C=C\CCCCCCCCCCCCCCCC(=O)OCC(COC(=O)CCCCCCC/C=C\CCCCCCCC)OC(=O)CCCCCCCCCCC/C=C\C/C=C\CCCCC. The van der Waals surface area contributed by atoms with Crippen molar-refractivity contribution in [1.29, 1.82) is 0 Å². The molecule has 0 fully saturated rings. The molecule has 466 valence electrons. The van der Waals surface area contributed by atoms with Gasteiger partial charge >= 0.3 is 17.9 Å². The molecule has 0 saturated carbocycles. The Morgan fingerprint density at radius 3 is 0.790 bits per heavy atom. The number of hydrogen-bond acceptors (Lipinski definition) is 6. The van der Waals surface area contributed by atoms with Crippen molar-refractivity contribution in [3.63, 3.8) is 0 Å². The van der Waals surface area contributed by atoms with Crippen LogP contribution in [-0.2, 0) is 28.6 Å². The van der Waals surface area contributed by atoms with Crippen molar-refractivity contribution in [2.75, 3.05) is 13.2 Å². The molecule has 0 aromatic carbocycles. The van der Waals surface area contributed by atoms with E-state index in [9.17, 15) is 14.4 Å². The van der Waals surface area contributed by atoms with Gasteiger partial charge in [-0.05, 0) is 122 Å². The van der Waals surface area contributed by atoms with Gasteiger partial charge in [-0.25, -0.2) is 0 Å². The van der Waals surface area contributed by atoms with E-state index >= 15 is 0 Å². The molecule has 0 aromatic heterocycles. The second-order valence-corrected chi connectivity index (χ2v) is 23.1. The van der Waals surface area contributed by atoms with Crippen LogP contribution in [0.25, 0.3) is 0 Å². The first-order valence-electron chi connectivity index (χ1n) is 34.7. The van der Waals surface area contributed by atoms with E-state index in [-0.39, 0.29) is 31.1 Å². The first-order valence-corrected chi connectivity index (χ1v) is 34.7. The van der Waals surface area contributed by atoms with Crippen molar-refractivity contribution in [3.05, 3.63) is 97.2 Å². The van der Waals surface area contributed by atoms with E-state index in [1.165, 1.54) is 199 Å². The van der Waals surface area contributed by atoms with Crippen molar-refractivity contribution in [2.24, 2.45) is 0 Å². The molecule has 0 N–H and O–H groups in total. The summed E-state index contributed by atoms with van der Waals surface area (Å²) in [6, 6.07) is 0. The minimum Gasteiger partial charge on any atom is -0.462 e. The fourth-order valence-electron chi connectivity index (χ4n) is 9.85. The molecule has 81 heavy (non-hydrogen) atoms. The Morgan fingerprint density at radius 1 is 0.259 bits per heavy atom. The number of carbonyl (C=O) groups excluding carboxylic acids is 3. The lowest BCUT2D eigenvalue weighted by Crippen LogP contribution is -2.30. The maximum Gasteiger partial charge on any atom is 0.306 e. The maximum absolute atomic E-state index is 12.9. The molecule has 0 aromatic rings. The van der Waals surface area contributed by atoms with Crippen LogP contribution in [0.3, 0.4) is 0 Å². The number of allylic oxidation sites excluding steroid dienone is 16. The van der Waals surface area contributed by atoms with Crippen molar-refractivity contribution < 1.29 is 28.6 Å². The summed E-state index contributed by atoms with van der Waals surface area (Å²) in [5.41, 5.74) is 0. The second kappa shape index (κ2) is 68.8. The van der Waals surface area contributed by atoms with Gasteiger partial charge in [-0.2, -0.15) is 0 Å². The van der Waals surface area contributed by atoms with Crippen molar-refractivity contribution >= 4 is 17.9 Å². The summed E-state index contributed by atoms with van der Waals surface area (Å²) in [7, 11) is 0. The van der Waals surface area contributed by atoms with Gasteiger partial charge in [0.2, 0.25) is 0 Å². The average molecular weight is 1130 g/mol. The Morgan fingerprint density at radius 2 is 0.481 bits per heavy atom. The standard InChI is InChI=1S/C75H130O6/c1-4-7-10-13-16-19-22-25-28-30-32-33-34-35-36-37-38-39-40-41-43-44-47-50-53-56-59-62-65-68-74(77)80-71-72(70-79-73(76)67-64-61-58-55-52-49-46-27-24-21-18-15-12-9-6-3)81-75(78)69-66-63-60-57-54-51-48-45-42-31-29-26-23-20-17-14-11-8-5-2/h7,10,16-17,19-20,25-29,32-33,35-36,46,72H,4-6,8-9,11-15,18,21-24,30-31,34,37-45,47-71H2,1-3H3/b10-7-,19-16-,20-17-,28-25-,29-26-,33-32-,36-35-,46-27-. The molecular weight excluding hydrogens is 997 g/mol. The van der Waals surface area contributed by atoms with Crippen LogP contribution >= 0.6 is 0 Å². The van der Waals surface area contributed by atoms with E-state index in [2.05, 4.69) is 118 Å². The molecule has 0 spiro atoms. The molecule has 0 amide bonds. The van der Waals surface area contributed by atoms with Crippen LogP contribution in [0.15, 0.2) is 97.2 Å². The van der Waals surface area contributed by atoms with Crippen molar-refractivity contribution in [2.45, 2.75) is 348 Å². The Balaban J connectivity index is 4.29. The predicted octanol–water partition coefficient (Wildman–Crippen LogP) is 24.0. The molecule has 1 atom stereocenters. The fraction of sp³-hybridized carbons (Fsp3) is 0.747. The largest absolute Gasteiger partial charge is 0.462 e. The quantitative estimate of drug-likeness (QED) is 0.0261. The molecule has 0 aliphatic heterocycles. The average Bonchev–Trinajstić information content (AvgIpc) is 3.47. The van der Waals surface area contributed by atoms with Gasteiger partial charge in [0, 0.05) is 19.3 Å². The van der Waals surface area contributed by atoms with Crippen LogP contribution in [0.5, 0.6) is 0 Å². The van der Waals surface area contributed by atoms with Crippen LogP contribution in [0, 0.1) is 0 Å². The van der Waals surface area contributed by atoms with Gasteiger partial charge in [0.15, 0.2) is 6.10 Å². The molecule has 6 nitrogen and oxygen atoms in total. The third-order valence-corrected chi connectivity index (χ3v) is 15.0. The molecule has 0 heterocycles. The number of hydrogen-bond donors (Lipinski definition) is 0. The molecule has 6 heteroatoms. The maximum atomic E-state index is 12.9. The summed E-state index contributed by atoms with van der Waals surface area (Å²) in [5.74, 6) is -0.879. The van der Waals surface area contributed by atoms with Crippen molar-refractivity contribution in [3.8, 4) is 0 Å². The van der Waals surface area contributed by atoms with Crippen LogP contribution < -0.4 is 0 Å². The van der Waals surface area contributed by atoms with Gasteiger partial charge in [0.1, 0.15) is 13.2 Å². The van der Waals surface area contributed by atoms with Crippen LogP contribution in [0.1, 0.15) is 342 Å². The summed E-state index contributed by atoms with van der Waals surface area (Å²) in [5, 5.41) is 0. The zero-order valence-corrected chi connectivity index (χ0v) is 53.5. The normalized spacial score (nSPS) is 12.7. The fourth-order valence-corrected chi connectivity index (χ4v) is 9.85. The summed E-state index contributed by atoms with van der Waals surface area (Å²) in [6.45, 7) is 6.52. The number of ether oxygens (including phenoxy) is 3. The topological polar surface area (TPSA) is 78.9 Å². The zero-order chi connectivity index (χ0) is 58.5. The minimum absolute atomic E-state index is 0.0802. The first-order chi connectivity index (χ1) is 40.0. The minimum atomic E-state index is -0.785. The van der Waals surface area contributed by atoms with Crippen LogP contribution in [0.4, 0.5) is 0 Å². The van der Waals surface area contributed by atoms with Gasteiger partial charge in [0.05, 0.1) is 0 Å². The molecule has 0 radical (unpaired) electrons. The highest BCUT2D eigenvalue weighted by Crippen LogP contribution is 2.17. The lowest BCUT2D eigenvalue weighted by Gasteiger charge is -2.18. The molecule has 0 rings (SSSR count). The monoisotopic (exact) mass is 1130 g/mol. The lowest BCUT2D eigenvalue weighted by molar-refractivity contribution is -0.167. The Labute approximate surface area is 502 Å². The Hall–Kier alpha value is -3.67. The van der Waals surface area contributed by atoms with E-state index in [1.807, 2.05) is 0 Å². The zero-order valence-electron chi connectivity index (χ0n) is 53.5. The van der Waals surface area contributed by atoms with E-state index in [0.717, 1.165) is 103 Å². The van der Waals surface area contributed by atoms with Gasteiger partial charge in [0.25, 0.3) is 0 Å². The van der Waals surface area contributed by atoms with E-state index in [0.29, 0.717) is 19.3 Å². The predicted molar refractivity (Wildman–Crippen MR) is 353 cm³/mol. The number of carbonyl (C=O) groups is 3. The van der Waals surface area contributed by atoms with Gasteiger partial charge in [-0.15, -0.1) is 0 Å². The highest BCUT2D eigenvalue weighted by molar-refractivity contribution is 5.71. The van der Waals surface area contributed by atoms with E-state index in [4.69, 9.17) is 14.2 Å². The summed E-state index contributed by atoms with van der Waals surface area (Å²) in [4.78, 5) is 38.4. The number of rotatable bonds is 63. The Kier molecular flexibility index (Phi) is 65.7. The molecule has 0 aliphatic carbocycles. The third kappa shape index (κ3) is 67.0. The smallest absolute Gasteiger partial charge is 0.306 e. The summed E-state index contributed by atoms with van der Waals surface area (Å²) in [6.07, 6.45) is 92.8. The van der Waals surface area contributed by atoms with Gasteiger partial charge < -0.3 is 14.2 Å². The molecule has 0 aliphatic rings. The van der Waals surface area contributed by atoms with Gasteiger partial charge in [-0.1, -0.05) is 298 Å². The molecule has 0 bridgehead atoms. The molecule has 1 unspecified atom stereocenters. The van der Waals surface area contributed by atoms with E-state index < -0.39 is 6.10 Å². The summed E-state index contributed by atoms with van der Waals surface area (Å²) >= 11 is 0. The molecular formula is C75H130O6. The highest BCUT2D eigenvalue weighted by atomic mass is 16.6. The number of esters is 3. The lowest BCUT2D eigenvalue weighted by atomic mass is 10.0. The van der Waals surface area contributed by atoms with Crippen molar-refractivity contribution in [1.82, 2.24) is 0 Å². The van der Waals surface area contributed by atoms with Gasteiger partial charge in [-0.3, -0.25) is 14.4 Å². The number of unbranched alkanes of at least 4 members (excludes halogenated alkanes) is 36. The van der Waals surface area contributed by atoms with Crippen LogP contribution in [-0.4, -0.2) is 37.2 Å². The Bertz CT molecular complexity index is 1580. The van der Waals surface area contributed by atoms with Crippen LogP contribution in [0.2, 0.25) is 0 Å². The molecule has 0 saturated heterocycles. The first kappa shape index (κ1) is 77.3. The second-order valence-electron chi connectivity index (χ2n) is 23.1. The highest BCUT2D eigenvalue weighted by Gasteiger charge is 2.19. The van der Waals surface area contributed by atoms with E-state index in [1.54, 1.807) is 0 Å². The third-order valence-electron chi connectivity index (χ3n) is 15.0. The summed E-state index contributed by atoms with van der Waals surface area (Å²) < 4.78 is 17.0.